The molecule has 0 fully saturated rings. The Hall–Kier alpha value is -2.03. The zero-order valence-corrected chi connectivity index (χ0v) is 11.6. The van der Waals surface area contributed by atoms with Gasteiger partial charge in [0.05, 0.1) is 0 Å². The van der Waals surface area contributed by atoms with Crippen LogP contribution >= 0.6 is 23.1 Å². The van der Waals surface area contributed by atoms with Crippen molar-refractivity contribution in [1.82, 2.24) is 8.94 Å². The Labute approximate surface area is 119 Å². The Balaban J connectivity index is 2.01. The number of nitriles is 1. The van der Waals surface area contributed by atoms with Crippen LogP contribution in [0.5, 0.6) is 0 Å². The minimum atomic E-state index is 0.245. The van der Waals surface area contributed by atoms with Crippen molar-refractivity contribution in [2.75, 3.05) is 5.32 Å². The lowest BCUT2D eigenvalue weighted by molar-refractivity contribution is 0.969. The standard InChI is InChI=1S/C13H9ClN4S/c1-18-5-4-8-2-3-9(6-11(8)18)16-13-10(7-15)12(14)17-19-13/h2-6,16H,1H3. The van der Waals surface area contributed by atoms with E-state index >= 15 is 0 Å². The number of aryl methyl sites for hydroxylation is 1. The summed E-state index contributed by atoms with van der Waals surface area (Å²) in [5.41, 5.74) is 2.42. The molecule has 0 radical (unpaired) electrons. The molecule has 0 atom stereocenters. The lowest BCUT2D eigenvalue weighted by Crippen LogP contribution is -1.91. The van der Waals surface area contributed by atoms with Gasteiger partial charge in [0.1, 0.15) is 16.6 Å². The normalized spacial score (nSPS) is 10.6. The number of hydrogen-bond donors (Lipinski definition) is 1. The second-order valence-corrected chi connectivity index (χ2v) is 5.25. The van der Waals surface area contributed by atoms with Gasteiger partial charge >= 0.3 is 0 Å². The molecule has 0 aliphatic heterocycles. The van der Waals surface area contributed by atoms with Gasteiger partial charge in [-0.05, 0) is 35.1 Å². The fraction of sp³-hybridized carbons (Fsp3) is 0.0769. The monoisotopic (exact) mass is 288 g/mol. The second kappa shape index (κ2) is 4.57. The summed E-state index contributed by atoms with van der Waals surface area (Å²) in [7, 11) is 2.00. The van der Waals surface area contributed by atoms with Gasteiger partial charge in [-0.3, -0.25) is 0 Å². The molecule has 4 nitrogen and oxygen atoms in total. The Morgan fingerprint density at radius 2 is 2.26 bits per heavy atom. The van der Waals surface area contributed by atoms with E-state index < -0.39 is 0 Å². The molecule has 2 heterocycles. The molecule has 0 amide bonds. The third kappa shape index (κ3) is 2.05. The molecule has 94 valence electrons. The molecule has 2 aromatic heterocycles. The van der Waals surface area contributed by atoms with Crippen molar-refractivity contribution in [3.05, 3.63) is 41.2 Å². The Kier molecular flexibility index (Phi) is 2.90. The van der Waals surface area contributed by atoms with Crippen LogP contribution in [0.25, 0.3) is 10.9 Å². The topological polar surface area (TPSA) is 53.6 Å². The van der Waals surface area contributed by atoms with E-state index in [1.807, 2.05) is 36.0 Å². The summed E-state index contributed by atoms with van der Waals surface area (Å²) in [6, 6.07) is 10.2. The first-order chi connectivity index (χ1) is 9.19. The first-order valence-corrected chi connectivity index (χ1v) is 6.71. The summed E-state index contributed by atoms with van der Waals surface area (Å²) in [5, 5.41) is 14.3. The molecular weight excluding hydrogens is 280 g/mol. The molecule has 3 rings (SSSR count). The average molecular weight is 289 g/mol. The summed E-state index contributed by atoms with van der Waals surface area (Å²) in [4.78, 5) is 0. The maximum Gasteiger partial charge on any atom is 0.162 e. The van der Waals surface area contributed by atoms with Crippen molar-refractivity contribution < 1.29 is 0 Å². The first kappa shape index (κ1) is 12.0. The van der Waals surface area contributed by atoms with Crippen LogP contribution in [0.4, 0.5) is 10.7 Å². The quantitative estimate of drug-likeness (QED) is 0.778. The summed E-state index contributed by atoms with van der Waals surface area (Å²) < 4.78 is 6.02. The molecule has 0 saturated carbocycles. The molecule has 1 aromatic carbocycles. The van der Waals surface area contributed by atoms with Crippen LogP contribution in [0.3, 0.4) is 0 Å². The average Bonchev–Trinajstić information content (AvgIpc) is 2.94. The highest BCUT2D eigenvalue weighted by atomic mass is 35.5. The van der Waals surface area contributed by atoms with Gasteiger partial charge in [0.2, 0.25) is 0 Å². The predicted octanol–water partition coefficient (Wildman–Crippen LogP) is 3.90. The zero-order valence-electron chi connectivity index (χ0n) is 10.0. The number of anilines is 2. The third-order valence-electron chi connectivity index (χ3n) is 2.91. The fourth-order valence-corrected chi connectivity index (χ4v) is 2.88. The molecule has 1 N–H and O–H groups in total. The Morgan fingerprint density at radius 1 is 1.42 bits per heavy atom. The molecule has 0 bridgehead atoms. The molecule has 6 heteroatoms. The van der Waals surface area contributed by atoms with E-state index in [9.17, 15) is 0 Å². The van der Waals surface area contributed by atoms with Crippen molar-refractivity contribution in [3.63, 3.8) is 0 Å². The van der Waals surface area contributed by atoms with Gasteiger partial charge < -0.3 is 9.88 Å². The largest absolute Gasteiger partial charge is 0.350 e. The Morgan fingerprint density at radius 3 is 3.05 bits per heavy atom. The van der Waals surface area contributed by atoms with Gasteiger partial charge in [-0.25, -0.2) is 0 Å². The summed E-state index contributed by atoms with van der Waals surface area (Å²) >= 11 is 7.03. The lowest BCUT2D eigenvalue weighted by Gasteiger charge is -2.05. The van der Waals surface area contributed by atoms with Crippen molar-refractivity contribution in [3.8, 4) is 6.07 Å². The highest BCUT2D eigenvalue weighted by Crippen LogP contribution is 2.31. The van der Waals surface area contributed by atoms with Crippen LogP contribution in [0.1, 0.15) is 5.56 Å². The molecule has 19 heavy (non-hydrogen) atoms. The lowest BCUT2D eigenvalue weighted by atomic mass is 10.2. The van der Waals surface area contributed by atoms with Gasteiger partial charge in [-0.1, -0.05) is 17.7 Å². The Bertz CT molecular complexity index is 797. The van der Waals surface area contributed by atoms with Crippen LogP contribution in [0, 0.1) is 11.3 Å². The van der Waals surface area contributed by atoms with Crippen LogP contribution in [0.15, 0.2) is 30.5 Å². The smallest absolute Gasteiger partial charge is 0.162 e. The molecule has 0 unspecified atom stereocenters. The van der Waals surface area contributed by atoms with Crippen LogP contribution in [-0.2, 0) is 7.05 Å². The van der Waals surface area contributed by atoms with E-state index in [-0.39, 0.29) is 5.15 Å². The number of rotatable bonds is 2. The van der Waals surface area contributed by atoms with E-state index in [1.54, 1.807) is 0 Å². The van der Waals surface area contributed by atoms with Crippen molar-refractivity contribution >= 4 is 44.7 Å². The number of fused-ring (bicyclic) bond motifs is 1. The van der Waals surface area contributed by atoms with Gasteiger partial charge in [0, 0.05) is 24.4 Å². The molecule has 3 aromatic rings. The number of halogens is 1. The summed E-state index contributed by atoms with van der Waals surface area (Å²) in [5.74, 6) is 0. The van der Waals surface area contributed by atoms with Crippen LogP contribution in [-0.4, -0.2) is 8.94 Å². The van der Waals surface area contributed by atoms with E-state index in [1.165, 1.54) is 16.9 Å². The zero-order chi connectivity index (χ0) is 13.4. The fourth-order valence-electron chi connectivity index (χ4n) is 1.92. The highest BCUT2D eigenvalue weighted by Gasteiger charge is 2.12. The molecule has 0 aliphatic rings. The number of benzene rings is 1. The van der Waals surface area contributed by atoms with Gasteiger partial charge in [0.25, 0.3) is 0 Å². The van der Waals surface area contributed by atoms with E-state index in [4.69, 9.17) is 16.9 Å². The minimum Gasteiger partial charge on any atom is -0.350 e. The van der Waals surface area contributed by atoms with E-state index in [2.05, 4.69) is 21.8 Å². The second-order valence-electron chi connectivity index (χ2n) is 4.11. The molecule has 0 spiro atoms. The maximum absolute atomic E-state index is 9.04. The number of hydrogen-bond acceptors (Lipinski definition) is 4. The minimum absolute atomic E-state index is 0.245. The maximum atomic E-state index is 9.04. The first-order valence-electron chi connectivity index (χ1n) is 5.56. The van der Waals surface area contributed by atoms with Crippen molar-refractivity contribution in [1.29, 1.82) is 5.26 Å². The highest BCUT2D eigenvalue weighted by molar-refractivity contribution is 7.11. The number of nitrogens with one attached hydrogen (secondary N) is 1. The molecular formula is C13H9ClN4S. The van der Waals surface area contributed by atoms with Crippen molar-refractivity contribution in [2.24, 2.45) is 7.05 Å². The van der Waals surface area contributed by atoms with E-state index in [0.717, 1.165) is 11.2 Å². The van der Waals surface area contributed by atoms with Gasteiger partial charge in [0.15, 0.2) is 5.15 Å². The predicted molar refractivity (Wildman–Crippen MR) is 78.0 cm³/mol. The van der Waals surface area contributed by atoms with Crippen LogP contribution in [0.2, 0.25) is 5.15 Å². The van der Waals surface area contributed by atoms with Crippen molar-refractivity contribution in [2.45, 2.75) is 0 Å². The van der Waals surface area contributed by atoms with Gasteiger partial charge in [-0.2, -0.15) is 9.64 Å². The van der Waals surface area contributed by atoms with Crippen LogP contribution < -0.4 is 5.32 Å². The summed E-state index contributed by atoms with van der Waals surface area (Å²) in [6.45, 7) is 0. The van der Waals surface area contributed by atoms with E-state index in [0.29, 0.717) is 10.6 Å². The summed E-state index contributed by atoms with van der Waals surface area (Å²) in [6.07, 6.45) is 2.01. The number of nitrogens with zero attached hydrogens (tertiary/aromatic N) is 3. The molecule has 0 aliphatic carbocycles. The third-order valence-corrected chi connectivity index (χ3v) is 4.04. The SMILES string of the molecule is Cn1ccc2ccc(Nc3snc(Cl)c3C#N)cc21. The molecule has 0 saturated heterocycles. The number of aromatic nitrogens is 2. The van der Waals surface area contributed by atoms with Gasteiger partial charge in [-0.15, -0.1) is 0 Å².